The van der Waals surface area contributed by atoms with Crippen molar-refractivity contribution >= 4 is 11.9 Å². The maximum atomic E-state index is 12.6. The summed E-state index contributed by atoms with van der Waals surface area (Å²) in [6, 6.07) is -0.0653. The van der Waals surface area contributed by atoms with Crippen LogP contribution in [0.1, 0.15) is 30.7 Å². The highest BCUT2D eigenvalue weighted by atomic mass is 16.4. The lowest BCUT2D eigenvalue weighted by atomic mass is 10.0. The van der Waals surface area contributed by atoms with E-state index in [1.54, 1.807) is 11.2 Å². The number of H-pyrrole nitrogens is 1. The van der Waals surface area contributed by atoms with Crippen LogP contribution in [0.3, 0.4) is 0 Å². The fraction of sp³-hybridized carbons (Fsp3) is 0.615. The number of rotatable bonds is 5. The maximum Gasteiger partial charge on any atom is 0.305 e. The van der Waals surface area contributed by atoms with Gasteiger partial charge in [0.2, 0.25) is 5.91 Å². The van der Waals surface area contributed by atoms with Crippen molar-refractivity contribution in [3.63, 3.8) is 0 Å². The highest BCUT2D eigenvalue weighted by Crippen LogP contribution is 2.28. The number of hydrogen-bond acceptors (Lipinski definition) is 4. The average molecular weight is 278 g/mol. The number of fused-ring (bicyclic) bond motifs is 1. The van der Waals surface area contributed by atoms with Gasteiger partial charge in [-0.05, 0) is 12.8 Å². The second-order valence-electron chi connectivity index (χ2n) is 5.37. The summed E-state index contributed by atoms with van der Waals surface area (Å²) in [5, 5.41) is 12.0. The van der Waals surface area contributed by atoms with E-state index in [2.05, 4.69) is 15.3 Å². The van der Waals surface area contributed by atoms with E-state index < -0.39 is 5.97 Å². The Balaban J connectivity index is 1.66. The summed E-state index contributed by atoms with van der Waals surface area (Å²) in [6.07, 6.45) is 4.16. The van der Waals surface area contributed by atoms with E-state index in [0.29, 0.717) is 19.5 Å². The molecule has 2 heterocycles. The number of hydrogen-bond donors (Lipinski definition) is 3. The van der Waals surface area contributed by atoms with E-state index in [1.165, 1.54) is 0 Å². The molecule has 0 bridgehead atoms. The van der Waals surface area contributed by atoms with Crippen LogP contribution >= 0.6 is 0 Å². The molecule has 1 fully saturated rings. The van der Waals surface area contributed by atoms with Gasteiger partial charge in [-0.1, -0.05) is 0 Å². The molecule has 7 nitrogen and oxygen atoms in total. The van der Waals surface area contributed by atoms with Crippen LogP contribution < -0.4 is 5.32 Å². The second kappa shape index (κ2) is 5.24. The number of amides is 1. The first-order valence-electron chi connectivity index (χ1n) is 6.92. The molecule has 7 heteroatoms. The molecule has 0 aromatic carbocycles. The van der Waals surface area contributed by atoms with Gasteiger partial charge in [0.15, 0.2) is 0 Å². The predicted molar refractivity (Wildman–Crippen MR) is 69.9 cm³/mol. The van der Waals surface area contributed by atoms with Gasteiger partial charge in [0.25, 0.3) is 0 Å². The fourth-order valence-corrected chi connectivity index (χ4v) is 2.62. The van der Waals surface area contributed by atoms with Crippen LogP contribution in [-0.2, 0) is 22.6 Å². The summed E-state index contributed by atoms with van der Waals surface area (Å²) in [6.45, 7) is 0.896. The molecule has 1 amide bonds. The zero-order valence-electron chi connectivity index (χ0n) is 11.1. The van der Waals surface area contributed by atoms with Gasteiger partial charge in [-0.15, -0.1) is 0 Å². The molecule has 0 radical (unpaired) electrons. The van der Waals surface area contributed by atoms with Gasteiger partial charge >= 0.3 is 5.97 Å². The van der Waals surface area contributed by atoms with Gasteiger partial charge < -0.3 is 15.0 Å². The molecule has 1 unspecified atom stereocenters. The van der Waals surface area contributed by atoms with Crippen molar-refractivity contribution in [1.82, 2.24) is 20.2 Å². The molecule has 2 aliphatic rings. The van der Waals surface area contributed by atoms with Crippen LogP contribution in [0, 0.1) is 0 Å². The molecule has 1 aliphatic heterocycles. The van der Waals surface area contributed by atoms with E-state index in [4.69, 9.17) is 5.11 Å². The number of aromatic nitrogens is 2. The largest absolute Gasteiger partial charge is 0.481 e. The van der Waals surface area contributed by atoms with Gasteiger partial charge in [0.1, 0.15) is 0 Å². The van der Waals surface area contributed by atoms with E-state index in [-0.39, 0.29) is 24.4 Å². The van der Waals surface area contributed by atoms with Crippen LogP contribution in [0.15, 0.2) is 6.33 Å². The predicted octanol–water partition coefficient (Wildman–Crippen LogP) is -0.110. The van der Waals surface area contributed by atoms with Crippen molar-refractivity contribution in [2.75, 3.05) is 6.54 Å². The maximum absolute atomic E-state index is 12.6. The van der Waals surface area contributed by atoms with E-state index >= 15 is 0 Å². The van der Waals surface area contributed by atoms with Crippen molar-refractivity contribution in [2.45, 2.75) is 44.3 Å². The summed E-state index contributed by atoms with van der Waals surface area (Å²) < 4.78 is 0. The monoisotopic (exact) mass is 278 g/mol. The first kappa shape index (κ1) is 13.1. The SMILES string of the molecule is O=C(O)CCN(C(=O)C1Cc2nc[nH]c2CN1)C1CC1. The van der Waals surface area contributed by atoms with E-state index in [1.807, 2.05) is 0 Å². The third-order valence-electron chi connectivity index (χ3n) is 3.87. The lowest BCUT2D eigenvalue weighted by molar-refractivity contribution is -0.139. The minimum absolute atomic E-state index is 0.00222. The number of nitrogens with zero attached hydrogens (tertiary/aromatic N) is 2. The van der Waals surface area contributed by atoms with Crippen molar-refractivity contribution in [3.05, 3.63) is 17.7 Å². The third kappa shape index (κ3) is 2.67. The molecule has 1 aliphatic carbocycles. The molecule has 3 N–H and O–H groups in total. The van der Waals surface area contributed by atoms with Gasteiger partial charge in [0.05, 0.1) is 30.2 Å². The van der Waals surface area contributed by atoms with E-state index in [0.717, 1.165) is 24.2 Å². The van der Waals surface area contributed by atoms with Crippen molar-refractivity contribution in [2.24, 2.45) is 0 Å². The van der Waals surface area contributed by atoms with Gasteiger partial charge in [-0.2, -0.15) is 0 Å². The Hall–Kier alpha value is -1.89. The minimum atomic E-state index is -0.866. The van der Waals surface area contributed by atoms with Crippen LogP contribution in [0.25, 0.3) is 0 Å². The lowest BCUT2D eigenvalue weighted by Crippen LogP contribution is -2.50. The zero-order valence-corrected chi connectivity index (χ0v) is 11.1. The molecule has 1 saturated carbocycles. The van der Waals surface area contributed by atoms with Gasteiger partial charge in [-0.3, -0.25) is 14.9 Å². The smallest absolute Gasteiger partial charge is 0.305 e. The number of carboxylic acid groups (broad SMARTS) is 1. The first-order valence-corrected chi connectivity index (χ1v) is 6.92. The molecule has 1 aromatic heterocycles. The summed E-state index contributed by atoms with van der Waals surface area (Å²) >= 11 is 0. The number of carbonyl (C=O) groups is 2. The normalized spacial score (nSPS) is 21.3. The number of carboxylic acids is 1. The Morgan fingerprint density at radius 2 is 2.25 bits per heavy atom. The molecular formula is C13H18N4O3. The van der Waals surface area contributed by atoms with Crippen molar-refractivity contribution in [1.29, 1.82) is 0 Å². The average Bonchev–Trinajstić information content (AvgIpc) is 3.15. The number of aliphatic carboxylic acids is 1. The molecular weight excluding hydrogens is 260 g/mol. The molecule has 1 aromatic rings. The van der Waals surface area contributed by atoms with E-state index in [9.17, 15) is 9.59 Å². The molecule has 3 rings (SSSR count). The van der Waals surface area contributed by atoms with Crippen LogP contribution in [0.2, 0.25) is 0 Å². The lowest BCUT2D eigenvalue weighted by Gasteiger charge is -2.29. The third-order valence-corrected chi connectivity index (χ3v) is 3.87. The molecule has 1 atom stereocenters. The summed E-state index contributed by atoms with van der Waals surface area (Å²) in [7, 11) is 0. The Labute approximate surface area is 116 Å². The van der Waals surface area contributed by atoms with Crippen molar-refractivity contribution < 1.29 is 14.7 Å². The standard InChI is InChI=1S/C13H18N4O3/c18-12(19)3-4-17(8-1-2-8)13(20)10-5-9-11(6-14-10)16-7-15-9/h7-8,10,14H,1-6H2,(H,15,16)(H,18,19). The number of nitrogens with one attached hydrogen (secondary N) is 2. The number of aromatic amines is 1. The molecule has 0 saturated heterocycles. The summed E-state index contributed by atoms with van der Waals surface area (Å²) in [5.74, 6) is -0.864. The van der Waals surface area contributed by atoms with Crippen LogP contribution in [-0.4, -0.2) is 50.5 Å². The highest BCUT2D eigenvalue weighted by Gasteiger charge is 2.37. The second-order valence-corrected chi connectivity index (χ2v) is 5.37. The first-order chi connectivity index (χ1) is 9.65. The van der Waals surface area contributed by atoms with Gasteiger partial charge in [0, 0.05) is 25.6 Å². The zero-order chi connectivity index (χ0) is 14.1. The Kier molecular flexibility index (Phi) is 3.43. The Morgan fingerprint density at radius 1 is 1.45 bits per heavy atom. The Bertz CT molecular complexity index is 523. The topological polar surface area (TPSA) is 98.3 Å². The summed E-state index contributed by atoms with van der Waals surface area (Å²) in [4.78, 5) is 32.3. The van der Waals surface area contributed by atoms with Gasteiger partial charge in [-0.25, -0.2) is 4.98 Å². The Morgan fingerprint density at radius 3 is 2.95 bits per heavy atom. The van der Waals surface area contributed by atoms with Crippen LogP contribution in [0.4, 0.5) is 0 Å². The number of carbonyl (C=O) groups excluding carboxylic acids is 1. The fourth-order valence-electron chi connectivity index (χ4n) is 2.62. The molecule has 0 spiro atoms. The van der Waals surface area contributed by atoms with Crippen LogP contribution in [0.5, 0.6) is 0 Å². The quantitative estimate of drug-likeness (QED) is 0.698. The molecule has 20 heavy (non-hydrogen) atoms. The van der Waals surface area contributed by atoms with Crippen molar-refractivity contribution in [3.8, 4) is 0 Å². The summed E-state index contributed by atoms with van der Waals surface area (Å²) in [5.41, 5.74) is 1.95. The number of imidazole rings is 1. The molecule has 108 valence electrons. The minimum Gasteiger partial charge on any atom is -0.481 e. The highest BCUT2D eigenvalue weighted by molar-refractivity contribution is 5.83.